The zero-order valence-corrected chi connectivity index (χ0v) is 15.9. The van der Waals surface area contributed by atoms with Crippen LogP contribution in [0.2, 0.25) is 0 Å². The molecule has 0 aliphatic heterocycles. The molecule has 0 saturated carbocycles. The van der Waals surface area contributed by atoms with Crippen LogP contribution in [0.15, 0.2) is 77.9 Å². The number of hydrazone groups is 1. The molecule has 0 bridgehead atoms. The zero-order chi connectivity index (χ0) is 19.8. The lowest BCUT2D eigenvalue weighted by Gasteiger charge is -2.11. The van der Waals surface area contributed by atoms with Crippen molar-refractivity contribution in [1.29, 1.82) is 0 Å². The number of hydrogen-bond donors (Lipinski definition) is 1. The molecule has 0 aromatic heterocycles. The molecule has 0 aliphatic carbocycles. The van der Waals surface area contributed by atoms with Crippen LogP contribution < -0.4 is 14.9 Å². The summed E-state index contributed by atoms with van der Waals surface area (Å²) in [6, 6.07) is 22.6. The summed E-state index contributed by atoms with van der Waals surface area (Å²) >= 11 is 0. The highest BCUT2D eigenvalue weighted by atomic mass is 16.5. The summed E-state index contributed by atoms with van der Waals surface area (Å²) in [6.45, 7) is 2.51. The smallest absolute Gasteiger partial charge is 0.271 e. The number of methoxy groups -OCH3 is 1. The molecule has 28 heavy (non-hydrogen) atoms. The van der Waals surface area contributed by atoms with Crippen molar-refractivity contribution in [3.8, 4) is 11.5 Å². The van der Waals surface area contributed by atoms with Crippen molar-refractivity contribution >= 4 is 12.1 Å². The maximum Gasteiger partial charge on any atom is 0.271 e. The van der Waals surface area contributed by atoms with Gasteiger partial charge in [0.1, 0.15) is 6.61 Å². The minimum absolute atomic E-state index is 0.262. The summed E-state index contributed by atoms with van der Waals surface area (Å²) in [7, 11) is 1.59. The van der Waals surface area contributed by atoms with E-state index in [4.69, 9.17) is 9.47 Å². The van der Waals surface area contributed by atoms with Gasteiger partial charge in [-0.15, -0.1) is 0 Å². The van der Waals surface area contributed by atoms with Crippen LogP contribution in [0.1, 0.15) is 27.0 Å². The van der Waals surface area contributed by atoms with Gasteiger partial charge in [0, 0.05) is 5.56 Å². The molecular weight excluding hydrogens is 352 g/mol. The molecule has 0 spiro atoms. The van der Waals surface area contributed by atoms with Crippen molar-refractivity contribution in [2.45, 2.75) is 13.5 Å². The first-order valence-electron chi connectivity index (χ1n) is 8.90. The Labute approximate surface area is 164 Å². The first-order valence-corrected chi connectivity index (χ1v) is 8.90. The molecule has 5 heteroatoms. The van der Waals surface area contributed by atoms with Gasteiger partial charge in [-0.25, -0.2) is 5.43 Å². The SMILES string of the molecule is COc1cc(C=NNC(=O)c2ccccc2)ccc1OCc1ccc(C)cc1. The normalized spacial score (nSPS) is 10.6. The first kappa shape index (κ1) is 19.2. The maximum atomic E-state index is 12.0. The lowest BCUT2D eigenvalue weighted by molar-refractivity contribution is 0.0955. The van der Waals surface area contributed by atoms with Gasteiger partial charge in [-0.2, -0.15) is 5.10 Å². The van der Waals surface area contributed by atoms with Crippen molar-refractivity contribution in [3.63, 3.8) is 0 Å². The molecule has 3 rings (SSSR count). The molecule has 0 atom stereocenters. The van der Waals surface area contributed by atoms with Gasteiger partial charge in [-0.1, -0.05) is 48.0 Å². The van der Waals surface area contributed by atoms with Crippen LogP contribution in [-0.2, 0) is 6.61 Å². The fraction of sp³-hybridized carbons (Fsp3) is 0.130. The van der Waals surface area contributed by atoms with Crippen molar-refractivity contribution < 1.29 is 14.3 Å². The van der Waals surface area contributed by atoms with E-state index in [0.717, 1.165) is 11.1 Å². The quantitative estimate of drug-likeness (QED) is 0.494. The number of carbonyl (C=O) groups is 1. The minimum atomic E-state index is -0.262. The third-order valence-corrected chi connectivity index (χ3v) is 4.12. The van der Waals surface area contributed by atoms with Crippen molar-refractivity contribution in [1.82, 2.24) is 5.43 Å². The fourth-order valence-electron chi connectivity index (χ4n) is 2.55. The standard InChI is InChI=1S/C23H22N2O3/c1-17-8-10-18(11-9-17)16-28-21-13-12-19(14-22(21)27-2)15-24-25-23(26)20-6-4-3-5-7-20/h3-15H,16H2,1-2H3,(H,25,26). The minimum Gasteiger partial charge on any atom is -0.493 e. The van der Waals surface area contributed by atoms with Crippen LogP contribution in [0, 0.1) is 6.92 Å². The van der Waals surface area contributed by atoms with E-state index in [0.29, 0.717) is 23.7 Å². The number of benzene rings is 3. The second-order valence-corrected chi connectivity index (χ2v) is 6.25. The Balaban J connectivity index is 1.62. The molecule has 0 saturated heterocycles. The second-order valence-electron chi connectivity index (χ2n) is 6.25. The van der Waals surface area contributed by atoms with Crippen LogP contribution in [0.3, 0.4) is 0 Å². The Morgan fingerprint density at radius 1 is 1.00 bits per heavy atom. The average molecular weight is 374 g/mol. The number of carbonyl (C=O) groups excluding carboxylic acids is 1. The monoisotopic (exact) mass is 374 g/mol. The number of nitrogens with one attached hydrogen (secondary N) is 1. The Morgan fingerprint density at radius 2 is 1.75 bits per heavy atom. The van der Waals surface area contributed by atoms with Crippen LogP contribution >= 0.6 is 0 Å². The second kappa shape index (κ2) is 9.37. The van der Waals surface area contributed by atoms with Gasteiger partial charge >= 0.3 is 0 Å². The molecule has 0 radical (unpaired) electrons. The third-order valence-electron chi connectivity index (χ3n) is 4.12. The van der Waals surface area contributed by atoms with E-state index in [9.17, 15) is 4.79 Å². The third kappa shape index (κ3) is 5.20. The fourth-order valence-corrected chi connectivity index (χ4v) is 2.55. The first-order chi connectivity index (χ1) is 13.7. The summed E-state index contributed by atoms with van der Waals surface area (Å²) in [5, 5.41) is 4.00. The van der Waals surface area contributed by atoms with Crippen LogP contribution in [-0.4, -0.2) is 19.2 Å². The molecule has 0 unspecified atom stereocenters. The molecule has 142 valence electrons. The largest absolute Gasteiger partial charge is 0.493 e. The average Bonchev–Trinajstić information content (AvgIpc) is 2.74. The molecule has 0 fully saturated rings. The maximum absolute atomic E-state index is 12.0. The lowest BCUT2D eigenvalue weighted by Crippen LogP contribution is -2.17. The van der Waals surface area contributed by atoms with Crippen LogP contribution in [0.25, 0.3) is 0 Å². The highest BCUT2D eigenvalue weighted by Gasteiger charge is 2.06. The van der Waals surface area contributed by atoms with Gasteiger partial charge in [0.25, 0.3) is 5.91 Å². The van der Waals surface area contributed by atoms with Gasteiger partial charge in [0.15, 0.2) is 11.5 Å². The predicted octanol–water partition coefficient (Wildman–Crippen LogP) is 4.35. The number of nitrogens with zero attached hydrogens (tertiary/aromatic N) is 1. The van der Waals surface area contributed by atoms with Crippen molar-refractivity contribution in [2.75, 3.05) is 7.11 Å². The Morgan fingerprint density at radius 3 is 2.46 bits per heavy atom. The van der Waals surface area contributed by atoms with Crippen LogP contribution in [0.5, 0.6) is 11.5 Å². The van der Waals surface area contributed by atoms with E-state index in [-0.39, 0.29) is 5.91 Å². The van der Waals surface area contributed by atoms with Crippen LogP contribution in [0.4, 0.5) is 0 Å². The van der Waals surface area contributed by atoms with Gasteiger partial charge in [0.05, 0.1) is 13.3 Å². The number of aryl methyl sites for hydroxylation is 1. The Kier molecular flexibility index (Phi) is 6.41. The Bertz CT molecular complexity index is 951. The van der Waals surface area contributed by atoms with E-state index in [1.165, 1.54) is 5.56 Å². The zero-order valence-electron chi connectivity index (χ0n) is 15.9. The van der Waals surface area contributed by atoms with Gasteiger partial charge in [-0.3, -0.25) is 4.79 Å². The number of rotatable bonds is 7. The lowest BCUT2D eigenvalue weighted by atomic mass is 10.2. The van der Waals surface area contributed by atoms with Gasteiger partial charge < -0.3 is 9.47 Å². The van der Waals surface area contributed by atoms with E-state index >= 15 is 0 Å². The molecule has 3 aromatic carbocycles. The molecule has 5 nitrogen and oxygen atoms in total. The Hall–Kier alpha value is -3.60. The molecule has 0 heterocycles. The summed E-state index contributed by atoms with van der Waals surface area (Å²) in [6.07, 6.45) is 1.56. The van der Waals surface area contributed by atoms with E-state index < -0.39 is 0 Å². The highest BCUT2D eigenvalue weighted by Crippen LogP contribution is 2.28. The van der Waals surface area contributed by atoms with E-state index in [1.807, 2.05) is 36.4 Å². The topological polar surface area (TPSA) is 59.9 Å². The summed E-state index contributed by atoms with van der Waals surface area (Å²) in [5.41, 5.74) is 6.14. The molecule has 1 N–H and O–H groups in total. The summed E-state index contributed by atoms with van der Waals surface area (Å²) in [5.74, 6) is 0.987. The molecular formula is C23H22N2O3. The summed E-state index contributed by atoms with van der Waals surface area (Å²) in [4.78, 5) is 12.0. The molecule has 3 aromatic rings. The van der Waals surface area contributed by atoms with Gasteiger partial charge in [0.2, 0.25) is 0 Å². The van der Waals surface area contributed by atoms with E-state index in [1.54, 1.807) is 37.6 Å². The number of amides is 1. The van der Waals surface area contributed by atoms with Crippen molar-refractivity contribution in [2.24, 2.45) is 5.10 Å². The van der Waals surface area contributed by atoms with Gasteiger partial charge in [-0.05, 0) is 48.4 Å². The highest BCUT2D eigenvalue weighted by molar-refractivity contribution is 5.94. The molecule has 1 amide bonds. The predicted molar refractivity (Wildman–Crippen MR) is 110 cm³/mol. The van der Waals surface area contributed by atoms with Crippen molar-refractivity contribution in [3.05, 3.63) is 95.1 Å². The summed E-state index contributed by atoms with van der Waals surface area (Å²) < 4.78 is 11.3. The number of ether oxygens (including phenoxy) is 2. The number of hydrogen-bond acceptors (Lipinski definition) is 4. The molecule has 0 aliphatic rings. The van der Waals surface area contributed by atoms with E-state index in [2.05, 4.69) is 29.6 Å².